The molecule has 1 heterocycles. The number of fused-ring (bicyclic) bond motifs is 1. The molecule has 0 aliphatic heterocycles. The zero-order valence-corrected chi connectivity index (χ0v) is 24.1. The lowest BCUT2D eigenvalue weighted by atomic mass is 10.1. The van der Waals surface area contributed by atoms with Gasteiger partial charge in [-0.25, -0.2) is 9.78 Å². The van der Waals surface area contributed by atoms with Gasteiger partial charge in [-0.3, -0.25) is 9.36 Å². The highest BCUT2D eigenvalue weighted by Gasteiger charge is 2.29. The van der Waals surface area contributed by atoms with Crippen molar-refractivity contribution in [2.75, 3.05) is 11.9 Å². The molecule has 0 bridgehead atoms. The van der Waals surface area contributed by atoms with Gasteiger partial charge in [-0.2, -0.15) is 0 Å². The Morgan fingerprint density at radius 1 is 0.878 bits per heavy atom. The fourth-order valence-corrected chi connectivity index (χ4v) is 5.42. The van der Waals surface area contributed by atoms with Crippen LogP contribution in [-0.4, -0.2) is 27.0 Å². The summed E-state index contributed by atoms with van der Waals surface area (Å²) >= 11 is 0. The molecule has 0 saturated heterocycles. The highest BCUT2D eigenvalue weighted by molar-refractivity contribution is 5.91. The first kappa shape index (κ1) is 27.8. The number of amides is 2. The summed E-state index contributed by atoms with van der Waals surface area (Å²) in [5, 5.41) is 3.74. The number of carbonyl (C=O) groups is 1. The summed E-state index contributed by atoms with van der Waals surface area (Å²) in [6, 6.07) is 30.7. The lowest BCUT2D eigenvalue weighted by Crippen LogP contribution is -2.42. The Hall–Kier alpha value is -4.71. The van der Waals surface area contributed by atoms with Crippen molar-refractivity contribution in [3.63, 3.8) is 0 Å². The van der Waals surface area contributed by atoms with Crippen LogP contribution in [-0.2, 0) is 6.42 Å². The number of carbonyl (C=O) groups excluding carboxylic acids is 1. The van der Waals surface area contributed by atoms with Crippen LogP contribution >= 0.6 is 0 Å². The van der Waals surface area contributed by atoms with Gasteiger partial charge < -0.3 is 10.2 Å². The molecule has 4 aromatic carbocycles. The van der Waals surface area contributed by atoms with Gasteiger partial charge in [0, 0.05) is 12.2 Å². The van der Waals surface area contributed by atoms with E-state index in [9.17, 15) is 9.59 Å². The number of nitrogens with one attached hydrogen (secondary N) is 1. The number of nitrogens with zero attached hydrogens (tertiary/aromatic N) is 3. The van der Waals surface area contributed by atoms with E-state index in [4.69, 9.17) is 4.98 Å². The van der Waals surface area contributed by atoms with Crippen molar-refractivity contribution in [2.24, 2.45) is 0 Å². The Bertz CT molecular complexity index is 1720. The molecular formula is C35H36N4O2. The second-order valence-corrected chi connectivity index (χ2v) is 10.5. The van der Waals surface area contributed by atoms with E-state index in [1.54, 1.807) is 4.57 Å². The molecule has 0 saturated carbocycles. The Balaban J connectivity index is 1.66. The van der Waals surface area contributed by atoms with Crippen molar-refractivity contribution >= 4 is 22.6 Å². The number of hydrogen-bond donors (Lipinski definition) is 1. The number of aromatic nitrogens is 2. The average molecular weight is 545 g/mol. The van der Waals surface area contributed by atoms with E-state index in [0.717, 1.165) is 33.6 Å². The normalized spacial score (nSPS) is 11.8. The van der Waals surface area contributed by atoms with Gasteiger partial charge in [-0.1, -0.05) is 79.7 Å². The average Bonchev–Trinajstić information content (AvgIpc) is 2.97. The molecular weight excluding hydrogens is 508 g/mol. The summed E-state index contributed by atoms with van der Waals surface area (Å²) < 4.78 is 1.69. The zero-order chi connectivity index (χ0) is 28.9. The lowest BCUT2D eigenvalue weighted by Gasteiger charge is -2.33. The minimum atomic E-state index is -0.458. The standard InChI is InChI=1S/C35H36N4O2/c1-5-31(33-36-30-20-10-9-19-29(30)34(40)39(33)28-18-11-13-24(2)23-28)38(22-21-27-16-7-6-8-17-27)35(41)37-32-25(3)14-12-15-26(32)4/h6-20,23,31H,5,21-22H2,1-4H3,(H,37,41). The molecule has 0 aliphatic rings. The van der Waals surface area contributed by atoms with Gasteiger partial charge in [0.25, 0.3) is 5.56 Å². The van der Waals surface area contributed by atoms with E-state index in [0.29, 0.717) is 36.1 Å². The van der Waals surface area contributed by atoms with E-state index >= 15 is 0 Å². The topological polar surface area (TPSA) is 67.2 Å². The molecule has 1 atom stereocenters. The minimum Gasteiger partial charge on any atom is -0.314 e. The predicted octanol–water partition coefficient (Wildman–Crippen LogP) is 7.54. The number of para-hydroxylation sites is 2. The molecule has 1 aromatic heterocycles. The molecule has 6 nitrogen and oxygen atoms in total. The molecule has 5 aromatic rings. The Morgan fingerprint density at radius 2 is 1.56 bits per heavy atom. The molecule has 0 fully saturated rings. The van der Waals surface area contributed by atoms with Crippen LogP contribution < -0.4 is 10.9 Å². The van der Waals surface area contributed by atoms with Gasteiger partial charge in [0.1, 0.15) is 5.82 Å². The molecule has 0 radical (unpaired) electrons. The van der Waals surface area contributed by atoms with Crippen LogP contribution in [0.2, 0.25) is 0 Å². The van der Waals surface area contributed by atoms with Crippen LogP contribution in [0.15, 0.2) is 102 Å². The maximum absolute atomic E-state index is 14.2. The number of aryl methyl sites for hydroxylation is 3. The summed E-state index contributed by atoms with van der Waals surface area (Å²) in [5.41, 5.74) is 6.18. The SMILES string of the molecule is CCC(c1nc2ccccc2c(=O)n1-c1cccc(C)c1)N(CCc1ccccc1)C(=O)Nc1c(C)cccc1C. The third-order valence-corrected chi connectivity index (χ3v) is 7.58. The Morgan fingerprint density at radius 3 is 2.27 bits per heavy atom. The predicted molar refractivity (Wildman–Crippen MR) is 167 cm³/mol. The number of rotatable bonds is 8. The van der Waals surface area contributed by atoms with Crippen molar-refractivity contribution in [3.8, 4) is 5.69 Å². The third kappa shape index (κ3) is 5.92. The molecule has 2 amide bonds. The second kappa shape index (κ2) is 12.2. The van der Waals surface area contributed by atoms with Crippen LogP contribution in [0.1, 0.15) is 47.5 Å². The van der Waals surface area contributed by atoms with E-state index < -0.39 is 6.04 Å². The number of benzene rings is 4. The van der Waals surface area contributed by atoms with Crippen molar-refractivity contribution < 1.29 is 4.79 Å². The largest absolute Gasteiger partial charge is 0.322 e. The van der Waals surface area contributed by atoms with E-state index in [2.05, 4.69) is 17.4 Å². The lowest BCUT2D eigenvalue weighted by molar-refractivity contribution is 0.182. The molecule has 5 rings (SSSR count). The summed E-state index contributed by atoms with van der Waals surface area (Å²) in [4.78, 5) is 35.1. The molecule has 0 aliphatic carbocycles. The molecule has 1 unspecified atom stereocenters. The summed E-state index contributed by atoms with van der Waals surface area (Å²) in [5.74, 6) is 0.548. The molecule has 1 N–H and O–H groups in total. The first-order valence-electron chi connectivity index (χ1n) is 14.1. The van der Waals surface area contributed by atoms with E-state index in [1.807, 2.05) is 118 Å². The zero-order valence-electron chi connectivity index (χ0n) is 24.1. The number of hydrogen-bond acceptors (Lipinski definition) is 3. The van der Waals surface area contributed by atoms with Crippen molar-refractivity contribution in [1.29, 1.82) is 0 Å². The fourth-order valence-electron chi connectivity index (χ4n) is 5.42. The quantitative estimate of drug-likeness (QED) is 0.219. The van der Waals surface area contributed by atoms with Gasteiger partial charge in [0.2, 0.25) is 0 Å². The highest BCUT2D eigenvalue weighted by Crippen LogP contribution is 2.28. The first-order valence-corrected chi connectivity index (χ1v) is 14.1. The molecule has 6 heteroatoms. The van der Waals surface area contributed by atoms with Gasteiger partial charge in [0.15, 0.2) is 0 Å². The first-order chi connectivity index (χ1) is 19.9. The van der Waals surface area contributed by atoms with Crippen LogP contribution in [0.3, 0.4) is 0 Å². The van der Waals surface area contributed by atoms with Crippen LogP contribution in [0.4, 0.5) is 10.5 Å². The van der Waals surface area contributed by atoms with Crippen molar-refractivity contribution in [1.82, 2.24) is 14.5 Å². The Labute approximate surface area is 241 Å². The minimum absolute atomic E-state index is 0.146. The Kier molecular flexibility index (Phi) is 8.29. The maximum Gasteiger partial charge on any atom is 0.322 e. The highest BCUT2D eigenvalue weighted by atomic mass is 16.2. The van der Waals surface area contributed by atoms with Crippen LogP contribution in [0.25, 0.3) is 16.6 Å². The number of anilines is 1. The summed E-state index contributed by atoms with van der Waals surface area (Å²) in [6.45, 7) is 8.48. The third-order valence-electron chi connectivity index (χ3n) is 7.58. The fraction of sp³-hybridized carbons (Fsp3) is 0.229. The molecule has 0 spiro atoms. The monoisotopic (exact) mass is 544 g/mol. The molecule has 208 valence electrons. The van der Waals surface area contributed by atoms with Crippen molar-refractivity contribution in [2.45, 2.75) is 46.6 Å². The van der Waals surface area contributed by atoms with Crippen LogP contribution in [0.5, 0.6) is 0 Å². The number of urea groups is 1. The van der Waals surface area contributed by atoms with Gasteiger partial charge in [-0.05, 0) is 80.1 Å². The van der Waals surface area contributed by atoms with E-state index in [1.165, 1.54) is 0 Å². The summed E-state index contributed by atoms with van der Waals surface area (Å²) in [7, 11) is 0. The van der Waals surface area contributed by atoms with Gasteiger partial charge >= 0.3 is 6.03 Å². The van der Waals surface area contributed by atoms with Crippen LogP contribution in [0, 0.1) is 20.8 Å². The smallest absolute Gasteiger partial charge is 0.314 e. The molecule has 41 heavy (non-hydrogen) atoms. The second-order valence-electron chi connectivity index (χ2n) is 10.5. The maximum atomic E-state index is 14.2. The van der Waals surface area contributed by atoms with Gasteiger partial charge in [0.05, 0.1) is 22.6 Å². The van der Waals surface area contributed by atoms with Crippen molar-refractivity contribution in [3.05, 3.63) is 135 Å². The van der Waals surface area contributed by atoms with Gasteiger partial charge in [-0.15, -0.1) is 0 Å². The van der Waals surface area contributed by atoms with E-state index in [-0.39, 0.29) is 11.6 Å². The summed E-state index contributed by atoms with van der Waals surface area (Å²) in [6.07, 6.45) is 1.24.